The van der Waals surface area contributed by atoms with Crippen molar-refractivity contribution < 1.29 is 4.74 Å². The van der Waals surface area contributed by atoms with Crippen LogP contribution in [0.2, 0.25) is 0 Å². The van der Waals surface area contributed by atoms with Gasteiger partial charge in [0.1, 0.15) is 0 Å². The van der Waals surface area contributed by atoms with Crippen molar-refractivity contribution in [3.63, 3.8) is 0 Å². The zero-order valence-electron chi connectivity index (χ0n) is 19.3. The Labute approximate surface area is 196 Å². The Hall–Kier alpha value is -2.70. The number of benzene rings is 1. The lowest BCUT2D eigenvalue weighted by Crippen LogP contribution is -2.31. The largest absolute Gasteiger partial charge is 0.385 e. The van der Waals surface area contributed by atoms with E-state index in [4.69, 9.17) is 17.0 Å². The Bertz CT molecular complexity index is 1080. The van der Waals surface area contributed by atoms with Gasteiger partial charge in [-0.3, -0.25) is 4.98 Å². The monoisotopic (exact) mass is 448 g/mol. The van der Waals surface area contributed by atoms with Gasteiger partial charge in [-0.25, -0.2) is 0 Å². The quantitative estimate of drug-likeness (QED) is 0.385. The molecule has 32 heavy (non-hydrogen) atoms. The van der Waals surface area contributed by atoms with Gasteiger partial charge in [0, 0.05) is 43.5 Å². The van der Waals surface area contributed by atoms with Gasteiger partial charge in [-0.2, -0.15) is 0 Å². The van der Waals surface area contributed by atoms with Crippen molar-refractivity contribution in [2.45, 2.75) is 45.7 Å². The highest BCUT2D eigenvalue weighted by Crippen LogP contribution is 2.41. The maximum atomic E-state index is 5.80. The molecule has 1 aliphatic rings. The van der Waals surface area contributed by atoms with E-state index in [1.165, 1.54) is 28.2 Å². The van der Waals surface area contributed by atoms with Crippen molar-refractivity contribution >= 4 is 17.3 Å². The summed E-state index contributed by atoms with van der Waals surface area (Å²) in [6.07, 6.45) is 3.77. The second-order valence-corrected chi connectivity index (χ2v) is 8.70. The summed E-state index contributed by atoms with van der Waals surface area (Å²) < 4.78 is 7.70. The predicted molar refractivity (Wildman–Crippen MR) is 133 cm³/mol. The van der Waals surface area contributed by atoms with Gasteiger partial charge >= 0.3 is 0 Å². The number of pyridine rings is 1. The molecule has 5 nitrogen and oxygen atoms in total. The highest BCUT2D eigenvalue weighted by Gasteiger charge is 2.41. The van der Waals surface area contributed by atoms with Crippen molar-refractivity contribution in [3.05, 3.63) is 82.9 Å². The molecule has 1 fully saturated rings. The molecule has 168 valence electrons. The molecule has 6 heteroatoms. The molecule has 4 rings (SSSR count). The average molecular weight is 449 g/mol. The van der Waals surface area contributed by atoms with Gasteiger partial charge in [-0.1, -0.05) is 31.2 Å². The van der Waals surface area contributed by atoms with E-state index in [-0.39, 0.29) is 12.1 Å². The van der Waals surface area contributed by atoms with Crippen LogP contribution in [-0.4, -0.2) is 39.8 Å². The molecule has 1 aromatic carbocycles. The third-order valence-corrected chi connectivity index (χ3v) is 6.70. The van der Waals surface area contributed by atoms with Crippen LogP contribution >= 0.6 is 12.2 Å². The van der Waals surface area contributed by atoms with E-state index in [0.29, 0.717) is 6.61 Å². The Morgan fingerprint density at radius 3 is 2.62 bits per heavy atom. The molecule has 3 heterocycles. The van der Waals surface area contributed by atoms with Gasteiger partial charge in [-0.05, 0) is 74.3 Å². The van der Waals surface area contributed by atoms with Crippen molar-refractivity contribution in [2.24, 2.45) is 0 Å². The van der Waals surface area contributed by atoms with E-state index < -0.39 is 0 Å². The van der Waals surface area contributed by atoms with E-state index in [0.717, 1.165) is 30.2 Å². The first kappa shape index (κ1) is 22.5. The molecule has 2 atom stereocenters. The van der Waals surface area contributed by atoms with Crippen molar-refractivity contribution in [1.82, 2.24) is 19.8 Å². The Morgan fingerprint density at radius 1 is 1.12 bits per heavy atom. The average Bonchev–Trinajstić information content (AvgIpc) is 3.29. The van der Waals surface area contributed by atoms with Gasteiger partial charge < -0.3 is 19.5 Å². The molecule has 0 unspecified atom stereocenters. The van der Waals surface area contributed by atoms with Gasteiger partial charge in [-0.15, -0.1) is 0 Å². The van der Waals surface area contributed by atoms with E-state index in [2.05, 4.69) is 76.9 Å². The first-order valence-corrected chi connectivity index (χ1v) is 11.7. The van der Waals surface area contributed by atoms with Crippen LogP contribution < -0.4 is 5.32 Å². The van der Waals surface area contributed by atoms with Crippen LogP contribution in [0.4, 0.5) is 0 Å². The highest BCUT2D eigenvalue weighted by molar-refractivity contribution is 7.80. The fourth-order valence-electron chi connectivity index (χ4n) is 4.85. The SMILES string of the molecule is CCc1ccccc1-n1c(C)cc([C@H]2[C@@H](c3ccccn3)NC(=S)N2CCCOC)c1C. The molecule has 3 aromatic rings. The Balaban J connectivity index is 1.81. The molecule has 0 aliphatic carbocycles. The van der Waals surface area contributed by atoms with E-state index >= 15 is 0 Å². The summed E-state index contributed by atoms with van der Waals surface area (Å²) >= 11 is 5.80. The van der Waals surface area contributed by atoms with Crippen LogP contribution in [0.25, 0.3) is 5.69 Å². The number of aromatic nitrogens is 2. The number of hydrogen-bond acceptors (Lipinski definition) is 3. The van der Waals surface area contributed by atoms with Crippen LogP contribution in [0.5, 0.6) is 0 Å². The summed E-state index contributed by atoms with van der Waals surface area (Å²) in [7, 11) is 1.74. The molecule has 0 bridgehead atoms. The fraction of sp³-hybridized carbons (Fsp3) is 0.385. The minimum absolute atomic E-state index is 0.00149. The van der Waals surface area contributed by atoms with E-state index in [9.17, 15) is 0 Å². The Morgan fingerprint density at radius 2 is 1.91 bits per heavy atom. The van der Waals surface area contributed by atoms with Gasteiger partial charge in [0.25, 0.3) is 0 Å². The lowest BCUT2D eigenvalue weighted by Gasteiger charge is -2.28. The molecule has 1 saturated heterocycles. The van der Waals surface area contributed by atoms with Gasteiger partial charge in [0.05, 0.1) is 17.8 Å². The zero-order chi connectivity index (χ0) is 22.7. The first-order valence-electron chi connectivity index (χ1n) is 11.3. The number of methoxy groups -OCH3 is 1. The predicted octanol–water partition coefficient (Wildman–Crippen LogP) is 5.06. The lowest BCUT2D eigenvalue weighted by atomic mass is 9.96. The number of thiocarbonyl (C=S) groups is 1. The molecule has 1 N–H and O–H groups in total. The highest BCUT2D eigenvalue weighted by atomic mass is 32.1. The second kappa shape index (κ2) is 9.84. The number of hydrogen-bond donors (Lipinski definition) is 1. The minimum atomic E-state index is 0.00149. The van der Waals surface area contributed by atoms with Gasteiger partial charge in [0.15, 0.2) is 5.11 Å². The maximum Gasteiger partial charge on any atom is 0.170 e. The molecule has 0 radical (unpaired) electrons. The number of nitrogens with one attached hydrogen (secondary N) is 1. The summed E-state index contributed by atoms with van der Waals surface area (Å²) in [6.45, 7) is 8.17. The van der Waals surface area contributed by atoms with Crippen LogP contribution in [0.3, 0.4) is 0 Å². The molecule has 2 aromatic heterocycles. The lowest BCUT2D eigenvalue weighted by molar-refractivity contribution is 0.180. The number of aryl methyl sites for hydroxylation is 2. The zero-order valence-corrected chi connectivity index (χ0v) is 20.2. The third kappa shape index (κ3) is 4.17. The molecular formula is C26H32N4OS. The summed E-state index contributed by atoms with van der Waals surface area (Å²) in [6, 6.07) is 17.1. The standard InChI is InChI=1S/C26H32N4OS/c1-5-20-11-6-7-13-23(20)30-18(2)17-21(19(30)3)25-24(22-12-8-9-14-27-22)28-26(32)29(25)15-10-16-31-4/h6-9,11-14,17,24-25H,5,10,15-16H2,1-4H3,(H,28,32)/t24-,25+/m1/s1. The van der Waals surface area contributed by atoms with E-state index in [1.807, 2.05) is 18.3 Å². The fourth-order valence-corrected chi connectivity index (χ4v) is 5.18. The topological polar surface area (TPSA) is 42.3 Å². The third-order valence-electron chi connectivity index (χ3n) is 6.35. The minimum Gasteiger partial charge on any atom is -0.385 e. The molecule has 0 amide bonds. The first-order chi connectivity index (χ1) is 15.6. The number of para-hydroxylation sites is 1. The molecular weight excluding hydrogens is 416 g/mol. The number of nitrogens with zero attached hydrogens (tertiary/aromatic N) is 3. The number of ether oxygens (including phenoxy) is 1. The summed E-state index contributed by atoms with van der Waals surface area (Å²) in [4.78, 5) is 6.98. The van der Waals surface area contributed by atoms with Crippen LogP contribution in [0.1, 0.15) is 53.6 Å². The number of rotatable bonds is 8. The second-order valence-electron chi connectivity index (χ2n) is 8.31. The van der Waals surface area contributed by atoms with Gasteiger partial charge in [0.2, 0.25) is 0 Å². The van der Waals surface area contributed by atoms with Crippen LogP contribution in [0.15, 0.2) is 54.7 Å². The molecule has 0 spiro atoms. The van der Waals surface area contributed by atoms with Crippen LogP contribution in [0, 0.1) is 13.8 Å². The van der Waals surface area contributed by atoms with Crippen molar-refractivity contribution in [3.8, 4) is 5.69 Å². The Kier molecular flexibility index (Phi) is 6.92. The van der Waals surface area contributed by atoms with Crippen molar-refractivity contribution in [1.29, 1.82) is 0 Å². The van der Waals surface area contributed by atoms with Crippen molar-refractivity contribution in [2.75, 3.05) is 20.3 Å². The maximum absolute atomic E-state index is 5.80. The summed E-state index contributed by atoms with van der Waals surface area (Å²) in [5.41, 5.74) is 7.37. The smallest absolute Gasteiger partial charge is 0.170 e. The van der Waals surface area contributed by atoms with Crippen LogP contribution in [-0.2, 0) is 11.2 Å². The summed E-state index contributed by atoms with van der Waals surface area (Å²) in [5.74, 6) is 0. The summed E-state index contributed by atoms with van der Waals surface area (Å²) in [5, 5.41) is 4.34. The van der Waals surface area contributed by atoms with E-state index in [1.54, 1.807) is 7.11 Å². The molecule has 0 saturated carbocycles. The molecule has 1 aliphatic heterocycles. The normalized spacial score (nSPS) is 18.2.